The Bertz CT molecular complexity index is 1140. The van der Waals surface area contributed by atoms with Gasteiger partial charge in [-0.15, -0.1) is 0 Å². The van der Waals surface area contributed by atoms with E-state index < -0.39 is 27.8 Å². The largest absolute Gasteiger partial charge is 0.484 e. The molecular formula is C21H24F2N2O5S. The predicted molar refractivity (Wildman–Crippen MR) is 107 cm³/mol. The van der Waals surface area contributed by atoms with Gasteiger partial charge in [0.15, 0.2) is 15.9 Å². The molecule has 2 fully saturated rings. The van der Waals surface area contributed by atoms with Crippen LogP contribution in [-0.2, 0) is 15.3 Å². The summed E-state index contributed by atoms with van der Waals surface area (Å²) in [5.74, 6) is -2.91. The topological polar surface area (TPSA) is 89.7 Å². The number of benzene rings is 1. The molecule has 2 aromatic rings. The van der Waals surface area contributed by atoms with Crippen LogP contribution < -0.4 is 4.74 Å². The zero-order valence-electron chi connectivity index (χ0n) is 17.7. The number of fused-ring (bicyclic) bond motifs is 1. The van der Waals surface area contributed by atoms with E-state index in [0.717, 1.165) is 25.3 Å². The third-order valence-electron chi connectivity index (χ3n) is 6.11. The van der Waals surface area contributed by atoms with Crippen LogP contribution >= 0.6 is 0 Å². The fourth-order valence-electron chi connectivity index (χ4n) is 4.03. The molecule has 10 heteroatoms. The van der Waals surface area contributed by atoms with E-state index in [1.54, 1.807) is 11.2 Å². The lowest BCUT2D eigenvalue weighted by Crippen LogP contribution is -2.35. The van der Waals surface area contributed by atoms with Crippen LogP contribution in [0.5, 0.6) is 5.75 Å². The van der Waals surface area contributed by atoms with Crippen molar-refractivity contribution in [3.8, 4) is 5.75 Å². The number of hydrogen-bond acceptors (Lipinski definition) is 6. The number of amides is 1. The van der Waals surface area contributed by atoms with E-state index in [-0.39, 0.29) is 27.5 Å². The summed E-state index contributed by atoms with van der Waals surface area (Å²) in [5.41, 5.74) is 0.355. The highest BCUT2D eigenvalue weighted by atomic mass is 32.2. The van der Waals surface area contributed by atoms with Gasteiger partial charge in [0, 0.05) is 26.3 Å². The summed E-state index contributed by atoms with van der Waals surface area (Å²) in [7, 11) is -3.61. The van der Waals surface area contributed by atoms with Crippen LogP contribution in [0.15, 0.2) is 33.8 Å². The number of carbonyl (C=O) groups excluding carboxylic acids is 1. The number of aryl methyl sites for hydroxylation is 1. The van der Waals surface area contributed by atoms with Gasteiger partial charge in [-0.2, -0.15) is 0 Å². The molecule has 168 valence electrons. The lowest BCUT2D eigenvalue weighted by atomic mass is 10.1. The molecule has 31 heavy (non-hydrogen) atoms. The van der Waals surface area contributed by atoms with E-state index in [2.05, 4.69) is 4.98 Å². The van der Waals surface area contributed by atoms with Crippen LogP contribution in [0, 0.1) is 12.8 Å². The highest BCUT2D eigenvalue weighted by molar-refractivity contribution is 7.90. The number of hydrogen-bond donors (Lipinski definition) is 0. The first-order valence-corrected chi connectivity index (χ1v) is 11.8. The molecule has 1 saturated carbocycles. The van der Waals surface area contributed by atoms with Gasteiger partial charge in [0.1, 0.15) is 12.0 Å². The second kappa shape index (κ2) is 7.01. The van der Waals surface area contributed by atoms with Crippen molar-refractivity contribution < 1.29 is 31.1 Å². The smallest absolute Gasteiger partial charge is 0.281 e. The van der Waals surface area contributed by atoms with Crippen molar-refractivity contribution in [1.82, 2.24) is 9.88 Å². The zero-order valence-corrected chi connectivity index (χ0v) is 18.5. The van der Waals surface area contributed by atoms with Crippen molar-refractivity contribution in [2.45, 2.75) is 49.5 Å². The number of likely N-dealkylation sites (tertiary alicyclic amines) is 1. The van der Waals surface area contributed by atoms with E-state index >= 15 is 0 Å². The molecule has 1 amide bonds. The number of halogens is 2. The van der Waals surface area contributed by atoms with Crippen LogP contribution in [0.4, 0.5) is 8.78 Å². The zero-order chi connectivity index (χ0) is 22.8. The molecule has 2 unspecified atom stereocenters. The molecule has 1 aromatic carbocycles. The molecule has 3 atom stereocenters. The first kappa shape index (κ1) is 21.7. The van der Waals surface area contributed by atoms with Crippen molar-refractivity contribution in [2.75, 3.05) is 19.3 Å². The van der Waals surface area contributed by atoms with Gasteiger partial charge in [-0.1, -0.05) is 0 Å². The maximum atomic E-state index is 13.7. The minimum Gasteiger partial charge on any atom is -0.484 e. The number of oxazole rings is 1. The Morgan fingerprint density at radius 1 is 1.42 bits per heavy atom. The third-order valence-corrected chi connectivity index (χ3v) is 7.22. The Hall–Kier alpha value is -2.49. The lowest BCUT2D eigenvalue weighted by Gasteiger charge is -2.25. The Balaban J connectivity index is 1.65. The molecule has 1 aliphatic heterocycles. The molecule has 4 rings (SSSR count). The number of sulfone groups is 1. The maximum Gasteiger partial charge on any atom is 0.281 e. The molecule has 1 aliphatic carbocycles. The molecule has 2 aliphatic rings. The molecule has 0 N–H and O–H groups in total. The summed E-state index contributed by atoms with van der Waals surface area (Å²) in [5, 5.41) is 0. The molecule has 2 heterocycles. The van der Waals surface area contributed by atoms with Gasteiger partial charge >= 0.3 is 0 Å². The van der Waals surface area contributed by atoms with Gasteiger partial charge in [0.2, 0.25) is 5.89 Å². The minimum atomic E-state index is -3.61. The van der Waals surface area contributed by atoms with Crippen LogP contribution in [0.2, 0.25) is 0 Å². The van der Waals surface area contributed by atoms with E-state index in [1.807, 2.05) is 6.92 Å². The highest BCUT2D eigenvalue weighted by Gasteiger charge is 2.65. The van der Waals surface area contributed by atoms with Crippen molar-refractivity contribution in [2.24, 2.45) is 5.92 Å². The first-order chi connectivity index (χ1) is 14.3. The van der Waals surface area contributed by atoms with Crippen LogP contribution in [0.25, 0.3) is 0 Å². The second-order valence-electron chi connectivity index (χ2n) is 8.68. The first-order valence-electron chi connectivity index (χ1n) is 9.92. The number of rotatable bonds is 6. The number of alkyl halides is 2. The van der Waals surface area contributed by atoms with Crippen molar-refractivity contribution in [3.05, 3.63) is 41.6 Å². The molecule has 0 radical (unpaired) electrons. The minimum absolute atomic E-state index is 0.0564. The van der Waals surface area contributed by atoms with Crippen LogP contribution in [0.3, 0.4) is 0 Å². The molecule has 1 aromatic heterocycles. The Morgan fingerprint density at radius 2 is 2.13 bits per heavy atom. The monoisotopic (exact) mass is 454 g/mol. The van der Waals surface area contributed by atoms with Crippen molar-refractivity contribution in [3.63, 3.8) is 0 Å². The number of carbonyl (C=O) groups is 1. The summed E-state index contributed by atoms with van der Waals surface area (Å²) < 4.78 is 62.3. The average Bonchev–Trinajstić information content (AvgIpc) is 2.99. The van der Waals surface area contributed by atoms with Crippen molar-refractivity contribution >= 4 is 15.7 Å². The fraction of sp³-hybridized carbons (Fsp3) is 0.524. The Morgan fingerprint density at radius 3 is 2.71 bits per heavy atom. The fourth-order valence-corrected chi connectivity index (χ4v) is 4.67. The summed E-state index contributed by atoms with van der Waals surface area (Å²) in [4.78, 5) is 19.2. The van der Waals surface area contributed by atoms with Gasteiger partial charge in [-0.25, -0.2) is 22.2 Å². The molecule has 1 saturated heterocycles. The highest BCUT2D eigenvalue weighted by Crippen LogP contribution is 2.58. The van der Waals surface area contributed by atoms with Gasteiger partial charge in [-0.3, -0.25) is 4.79 Å². The number of ether oxygens (including phenoxy) is 1. The van der Waals surface area contributed by atoms with E-state index in [4.69, 9.17) is 9.15 Å². The Labute approximate surface area is 179 Å². The van der Waals surface area contributed by atoms with E-state index in [1.165, 1.54) is 25.1 Å². The van der Waals surface area contributed by atoms with Crippen molar-refractivity contribution in [1.29, 1.82) is 0 Å². The number of nitrogens with zero attached hydrogens (tertiary/aromatic N) is 2. The summed E-state index contributed by atoms with van der Waals surface area (Å²) in [6, 6.07) is 3.70. The quantitative estimate of drug-likeness (QED) is 0.666. The SMILES string of the molecule is Cc1coc(C23CC2CN(C(=O)c2cc(S(C)(=O)=O)ccc2O[C@@H](C)C(C)(F)F)C3)n1. The second-order valence-corrected chi connectivity index (χ2v) is 10.7. The predicted octanol–water partition coefficient (Wildman–Crippen LogP) is 3.22. The van der Waals surface area contributed by atoms with E-state index in [0.29, 0.717) is 19.0 Å². The van der Waals surface area contributed by atoms with Gasteiger partial charge < -0.3 is 14.1 Å². The standard InChI is InChI=1S/C21H24F2N2O5S/c1-12-10-29-19(24-12)21-8-14(21)9-25(11-21)18(26)16-7-15(31(4,27)28)5-6-17(16)30-13(2)20(3,22)23/h5-7,10,13-14H,8-9,11H2,1-4H3/t13-,14?,21?/m0/s1. The Kier molecular flexibility index (Phi) is 4.92. The normalized spacial score (nSPS) is 24.1. The van der Waals surface area contributed by atoms with Crippen LogP contribution in [0.1, 0.15) is 42.2 Å². The lowest BCUT2D eigenvalue weighted by molar-refractivity contribution is -0.0720. The molecular weight excluding hydrogens is 430 g/mol. The summed E-state index contributed by atoms with van der Waals surface area (Å²) in [6.07, 6.45) is 1.93. The third kappa shape index (κ3) is 3.93. The van der Waals surface area contributed by atoms with Crippen LogP contribution in [-0.4, -0.2) is 55.6 Å². The van der Waals surface area contributed by atoms with E-state index in [9.17, 15) is 22.0 Å². The average molecular weight is 454 g/mol. The molecule has 0 bridgehead atoms. The summed E-state index contributed by atoms with van der Waals surface area (Å²) >= 11 is 0. The molecule has 7 nitrogen and oxygen atoms in total. The maximum absolute atomic E-state index is 13.7. The number of aromatic nitrogens is 1. The van der Waals surface area contributed by atoms with Gasteiger partial charge in [0.05, 0.1) is 21.6 Å². The number of piperidine rings is 1. The van der Waals surface area contributed by atoms with Gasteiger partial charge in [0.25, 0.3) is 11.8 Å². The van der Waals surface area contributed by atoms with Gasteiger partial charge in [-0.05, 0) is 44.4 Å². The summed E-state index contributed by atoms with van der Waals surface area (Å²) in [6.45, 7) is 4.55. The molecule has 0 spiro atoms.